The molecule has 0 saturated carbocycles. The van der Waals surface area contributed by atoms with Crippen LogP contribution in [0.2, 0.25) is 0 Å². The summed E-state index contributed by atoms with van der Waals surface area (Å²) in [6, 6.07) is 2.09. The third-order valence-electron chi connectivity index (χ3n) is 2.79. The summed E-state index contributed by atoms with van der Waals surface area (Å²) < 4.78 is 0. The van der Waals surface area contributed by atoms with Crippen LogP contribution in [0.1, 0.15) is 17.4 Å². The molecule has 0 spiro atoms. The Kier molecular flexibility index (Phi) is 1.75. The highest BCUT2D eigenvalue weighted by Gasteiger charge is 2.42. The Morgan fingerprint density at radius 1 is 1.83 bits per heavy atom. The zero-order valence-corrected chi connectivity index (χ0v) is 7.90. The van der Waals surface area contributed by atoms with Crippen LogP contribution < -0.4 is 5.73 Å². The van der Waals surface area contributed by atoms with Gasteiger partial charge in [0.15, 0.2) is 0 Å². The number of nitrogens with two attached hydrogens (primary N) is 1. The first kappa shape index (κ1) is 8.23. The van der Waals surface area contributed by atoms with Crippen molar-refractivity contribution in [3.8, 4) is 0 Å². The fourth-order valence-corrected chi connectivity index (χ4v) is 3.05. The summed E-state index contributed by atoms with van der Waals surface area (Å²) in [7, 11) is 0. The minimum Gasteiger partial charge on any atom is -0.383 e. The molecule has 0 radical (unpaired) electrons. The van der Waals surface area contributed by atoms with Crippen LogP contribution in [0, 0.1) is 5.92 Å². The molecular formula is C9H13NOS. The number of rotatable bonds is 1. The van der Waals surface area contributed by atoms with Crippen molar-refractivity contribution < 1.29 is 5.11 Å². The first-order chi connectivity index (χ1) is 5.68. The zero-order chi connectivity index (χ0) is 8.77. The zero-order valence-electron chi connectivity index (χ0n) is 7.08. The highest BCUT2D eigenvalue weighted by Crippen LogP contribution is 2.43. The molecule has 0 aromatic carbocycles. The van der Waals surface area contributed by atoms with E-state index in [-0.39, 0.29) is 5.92 Å². The number of thiophene rings is 1. The number of aliphatic hydroxyl groups is 1. The van der Waals surface area contributed by atoms with Crippen LogP contribution in [0.4, 0.5) is 0 Å². The van der Waals surface area contributed by atoms with Crippen molar-refractivity contribution >= 4 is 11.3 Å². The molecule has 1 aromatic heterocycles. The maximum Gasteiger partial charge on any atom is 0.114 e. The maximum absolute atomic E-state index is 10.2. The Morgan fingerprint density at radius 3 is 3.25 bits per heavy atom. The Balaban J connectivity index is 2.48. The van der Waals surface area contributed by atoms with Crippen molar-refractivity contribution in [1.29, 1.82) is 0 Å². The predicted molar refractivity (Wildman–Crippen MR) is 50.1 cm³/mol. The summed E-state index contributed by atoms with van der Waals surface area (Å²) in [6.45, 7) is 2.39. The Hall–Kier alpha value is -0.380. The van der Waals surface area contributed by atoms with E-state index in [2.05, 4.69) is 13.0 Å². The molecule has 0 bridgehead atoms. The topological polar surface area (TPSA) is 46.2 Å². The van der Waals surface area contributed by atoms with Gasteiger partial charge in [0.05, 0.1) is 0 Å². The van der Waals surface area contributed by atoms with Crippen LogP contribution in [-0.4, -0.2) is 11.7 Å². The molecule has 2 unspecified atom stereocenters. The second-order valence-corrected chi connectivity index (χ2v) is 4.42. The van der Waals surface area contributed by atoms with Crippen LogP contribution >= 0.6 is 11.3 Å². The van der Waals surface area contributed by atoms with Gasteiger partial charge in [0, 0.05) is 11.4 Å². The van der Waals surface area contributed by atoms with Crippen molar-refractivity contribution in [1.82, 2.24) is 0 Å². The predicted octanol–water partition coefficient (Wildman–Crippen LogP) is 1.09. The van der Waals surface area contributed by atoms with Gasteiger partial charge in [-0.05, 0) is 29.3 Å². The van der Waals surface area contributed by atoms with Gasteiger partial charge in [0.25, 0.3) is 0 Å². The van der Waals surface area contributed by atoms with Crippen LogP contribution in [0.25, 0.3) is 0 Å². The lowest BCUT2D eigenvalue weighted by Gasteiger charge is -2.25. The largest absolute Gasteiger partial charge is 0.383 e. The molecule has 0 fully saturated rings. The van der Waals surface area contributed by atoms with Crippen LogP contribution in [0.5, 0.6) is 0 Å². The van der Waals surface area contributed by atoms with Gasteiger partial charge in [-0.25, -0.2) is 0 Å². The Bertz CT molecular complexity index is 296. The SMILES string of the molecule is CC1Cc2ccsc2C1(O)CN. The van der Waals surface area contributed by atoms with E-state index in [0.29, 0.717) is 6.54 Å². The molecular weight excluding hydrogens is 170 g/mol. The summed E-state index contributed by atoms with van der Waals surface area (Å²) in [5.74, 6) is 0.268. The quantitative estimate of drug-likeness (QED) is 0.684. The average Bonchev–Trinajstić information content (AvgIpc) is 2.57. The fourth-order valence-electron chi connectivity index (χ4n) is 1.89. The first-order valence-corrected chi connectivity index (χ1v) is 5.05. The first-order valence-electron chi connectivity index (χ1n) is 4.18. The van der Waals surface area contributed by atoms with E-state index >= 15 is 0 Å². The van der Waals surface area contributed by atoms with Gasteiger partial charge in [0.2, 0.25) is 0 Å². The number of hydrogen-bond acceptors (Lipinski definition) is 3. The fraction of sp³-hybridized carbons (Fsp3) is 0.556. The van der Waals surface area contributed by atoms with Gasteiger partial charge in [0.1, 0.15) is 5.60 Å². The van der Waals surface area contributed by atoms with E-state index in [1.807, 2.05) is 5.38 Å². The summed E-state index contributed by atoms with van der Waals surface area (Å²) in [5.41, 5.74) is 6.12. The van der Waals surface area contributed by atoms with Gasteiger partial charge in [-0.15, -0.1) is 11.3 Å². The van der Waals surface area contributed by atoms with Crippen LogP contribution in [0.3, 0.4) is 0 Å². The van der Waals surface area contributed by atoms with Crippen LogP contribution in [-0.2, 0) is 12.0 Å². The Labute approximate surface area is 76.0 Å². The average molecular weight is 183 g/mol. The van der Waals surface area contributed by atoms with Gasteiger partial charge in [-0.2, -0.15) is 0 Å². The molecule has 0 saturated heterocycles. The van der Waals surface area contributed by atoms with Crippen molar-refractivity contribution in [2.75, 3.05) is 6.54 Å². The Morgan fingerprint density at radius 2 is 2.58 bits per heavy atom. The standard InChI is InChI=1S/C9H13NOS/c1-6-4-7-2-3-12-8(7)9(6,11)5-10/h2-3,6,11H,4-5,10H2,1H3. The molecule has 2 atom stereocenters. The smallest absolute Gasteiger partial charge is 0.114 e. The molecule has 0 aliphatic heterocycles. The molecule has 1 heterocycles. The van der Waals surface area contributed by atoms with Gasteiger partial charge < -0.3 is 10.8 Å². The molecule has 3 heteroatoms. The molecule has 66 valence electrons. The van der Waals surface area contributed by atoms with Crippen molar-refractivity contribution in [2.45, 2.75) is 18.9 Å². The summed E-state index contributed by atoms with van der Waals surface area (Å²) in [5, 5.41) is 12.2. The highest BCUT2D eigenvalue weighted by molar-refractivity contribution is 7.10. The second kappa shape index (κ2) is 2.55. The highest BCUT2D eigenvalue weighted by atomic mass is 32.1. The van der Waals surface area contributed by atoms with E-state index in [4.69, 9.17) is 5.73 Å². The molecule has 3 N–H and O–H groups in total. The lowest BCUT2D eigenvalue weighted by molar-refractivity contribution is 0.00793. The minimum absolute atomic E-state index is 0.268. The molecule has 1 aromatic rings. The van der Waals surface area contributed by atoms with E-state index in [1.165, 1.54) is 5.56 Å². The van der Waals surface area contributed by atoms with E-state index < -0.39 is 5.60 Å². The van der Waals surface area contributed by atoms with Gasteiger partial charge in [-0.3, -0.25) is 0 Å². The third-order valence-corrected chi connectivity index (χ3v) is 3.92. The van der Waals surface area contributed by atoms with E-state index in [1.54, 1.807) is 11.3 Å². The minimum atomic E-state index is -0.747. The number of hydrogen-bond donors (Lipinski definition) is 2. The molecule has 1 aliphatic rings. The maximum atomic E-state index is 10.2. The molecule has 1 aliphatic carbocycles. The molecule has 0 amide bonds. The van der Waals surface area contributed by atoms with Gasteiger partial charge in [-0.1, -0.05) is 6.92 Å². The normalized spacial score (nSPS) is 33.8. The van der Waals surface area contributed by atoms with Crippen molar-refractivity contribution in [3.05, 3.63) is 21.9 Å². The lowest BCUT2D eigenvalue weighted by atomic mass is 9.93. The van der Waals surface area contributed by atoms with Crippen LogP contribution in [0.15, 0.2) is 11.4 Å². The van der Waals surface area contributed by atoms with E-state index in [9.17, 15) is 5.11 Å². The van der Waals surface area contributed by atoms with E-state index in [0.717, 1.165) is 11.3 Å². The number of fused-ring (bicyclic) bond motifs is 1. The second-order valence-electron chi connectivity index (χ2n) is 3.51. The lowest BCUT2D eigenvalue weighted by Crippen LogP contribution is -2.37. The van der Waals surface area contributed by atoms with Crippen molar-refractivity contribution in [2.24, 2.45) is 11.7 Å². The van der Waals surface area contributed by atoms with Gasteiger partial charge >= 0.3 is 0 Å². The third kappa shape index (κ3) is 0.873. The van der Waals surface area contributed by atoms with Crippen molar-refractivity contribution in [3.63, 3.8) is 0 Å². The summed E-state index contributed by atoms with van der Waals surface area (Å²) in [4.78, 5) is 1.08. The molecule has 2 nitrogen and oxygen atoms in total. The molecule has 2 rings (SSSR count). The molecule has 12 heavy (non-hydrogen) atoms. The summed E-state index contributed by atoms with van der Waals surface area (Å²) >= 11 is 1.62. The summed E-state index contributed by atoms with van der Waals surface area (Å²) in [6.07, 6.45) is 0.965. The monoisotopic (exact) mass is 183 g/mol.